The molecule has 20 heavy (non-hydrogen) atoms. The Kier molecular flexibility index (Phi) is 4.03. The first kappa shape index (κ1) is 15.6. The van der Waals surface area contributed by atoms with E-state index >= 15 is 0 Å². The molecule has 0 aliphatic heterocycles. The third-order valence-electron chi connectivity index (χ3n) is 5.95. The molecule has 0 unspecified atom stereocenters. The molecule has 0 bridgehead atoms. The fourth-order valence-corrected chi connectivity index (χ4v) is 4.37. The predicted octanol–water partition coefficient (Wildman–Crippen LogP) is 3.46. The van der Waals surface area contributed by atoms with Crippen LogP contribution in [0.5, 0.6) is 0 Å². The number of rotatable bonds is 2. The number of ether oxygens (including phenoxy) is 1. The molecule has 3 nitrogen and oxygen atoms in total. The van der Waals surface area contributed by atoms with Crippen LogP contribution < -0.4 is 0 Å². The van der Waals surface area contributed by atoms with Gasteiger partial charge in [-0.1, -0.05) is 26.0 Å². The minimum absolute atomic E-state index is 0.160. The van der Waals surface area contributed by atoms with Crippen molar-refractivity contribution in [2.45, 2.75) is 71.5 Å². The number of hydrogen-bond donors (Lipinski definition) is 1. The van der Waals surface area contributed by atoms with Crippen molar-refractivity contribution < 1.29 is 14.6 Å². The Morgan fingerprint density at radius 1 is 1.30 bits per heavy atom. The van der Waals surface area contributed by atoms with Gasteiger partial charge in [-0.25, -0.2) is 0 Å². The molecular weight excluding hydrogens is 252 g/mol. The highest BCUT2D eigenvalue weighted by Crippen LogP contribution is 2.58. The smallest absolute Gasteiger partial charge is 0.302 e. The molecule has 2 saturated carbocycles. The number of carbonyl (C=O) groups excluding carboxylic acids is 1. The van der Waals surface area contributed by atoms with Gasteiger partial charge in [-0.2, -0.15) is 0 Å². The number of aliphatic hydroxyl groups is 1. The average molecular weight is 280 g/mol. The lowest BCUT2D eigenvalue weighted by Gasteiger charge is -2.59. The van der Waals surface area contributed by atoms with Crippen LogP contribution in [0.25, 0.3) is 0 Å². The first-order valence-corrected chi connectivity index (χ1v) is 7.75. The summed E-state index contributed by atoms with van der Waals surface area (Å²) in [6.07, 6.45) is 4.27. The predicted molar refractivity (Wildman–Crippen MR) is 79.2 cm³/mol. The quantitative estimate of drug-likeness (QED) is 0.622. The zero-order chi connectivity index (χ0) is 15.1. The van der Waals surface area contributed by atoms with E-state index in [0.29, 0.717) is 5.92 Å². The fourth-order valence-electron chi connectivity index (χ4n) is 4.37. The maximum Gasteiger partial charge on any atom is 0.302 e. The summed E-state index contributed by atoms with van der Waals surface area (Å²) in [5.74, 6) is 0.378. The van der Waals surface area contributed by atoms with Crippen molar-refractivity contribution in [3.05, 3.63) is 12.2 Å². The van der Waals surface area contributed by atoms with Crippen molar-refractivity contribution in [1.29, 1.82) is 0 Å². The summed E-state index contributed by atoms with van der Waals surface area (Å²) in [7, 11) is 0. The zero-order valence-corrected chi connectivity index (χ0v) is 13.2. The molecule has 2 fully saturated rings. The van der Waals surface area contributed by atoms with Crippen molar-refractivity contribution >= 4 is 5.97 Å². The second-order valence-corrected chi connectivity index (χ2v) is 7.20. The summed E-state index contributed by atoms with van der Waals surface area (Å²) in [5.41, 5.74) is 0.0671. The van der Waals surface area contributed by atoms with Gasteiger partial charge in [0.15, 0.2) is 0 Å². The lowest BCUT2D eigenvalue weighted by Crippen LogP contribution is -2.63. The number of fused-ring (bicyclic) bond motifs is 1. The van der Waals surface area contributed by atoms with Crippen molar-refractivity contribution in [2.24, 2.45) is 17.3 Å². The molecule has 5 atom stereocenters. The Morgan fingerprint density at radius 2 is 1.95 bits per heavy atom. The second-order valence-electron chi connectivity index (χ2n) is 7.20. The molecule has 2 aliphatic carbocycles. The molecule has 0 heterocycles. The summed E-state index contributed by atoms with van der Waals surface area (Å²) < 4.78 is 5.55. The lowest BCUT2D eigenvalue weighted by molar-refractivity contribution is -0.227. The Morgan fingerprint density at radius 3 is 2.50 bits per heavy atom. The highest BCUT2D eigenvalue weighted by atomic mass is 16.5. The minimum atomic E-state index is -0.757. The van der Waals surface area contributed by atoms with Crippen LogP contribution in [0.1, 0.15) is 59.8 Å². The standard InChI is InChI=1S/C17H28O3/c1-11(2)14-8-9-16(5)15(20-13(4)18)7-6-12(3)17(16,19)10-14/h12,14-15,19H,1,6-10H2,2-5H3/t12-,14-,15-,16+,17-/m1/s1. The SMILES string of the molecule is C=C(C)[C@@H]1CC[C@@]2(C)[C@H](OC(C)=O)CC[C@@H](C)[C@]2(O)C1. The molecule has 0 aromatic carbocycles. The molecule has 1 N–H and O–H groups in total. The second kappa shape index (κ2) is 5.18. The Balaban J connectivity index is 2.31. The molecule has 0 spiro atoms. The third kappa shape index (κ3) is 2.30. The molecule has 0 amide bonds. The van der Waals surface area contributed by atoms with Crippen LogP contribution in [-0.4, -0.2) is 22.8 Å². The van der Waals surface area contributed by atoms with E-state index in [1.165, 1.54) is 6.92 Å². The van der Waals surface area contributed by atoms with Crippen molar-refractivity contribution in [3.8, 4) is 0 Å². The van der Waals surface area contributed by atoms with Gasteiger partial charge in [-0.05, 0) is 50.9 Å². The molecule has 0 aromatic heterocycles. The fraction of sp³-hybridized carbons (Fsp3) is 0.824. The van der Waals surface area contributed by atoms with Gasteiger partial charge in [0.05, 0.1) is 5.60 Å². The van der Waals surface area contributed by atoms with Gasteiger partial charge in [0.2, 0.25) is 0 Å². The van der Waals surface area contributed by atoms with Crippen LogP contribution in [-0.2, 0) is 9.53 Å². The van der Waals surface area contributed by atoms with Gasteiger partial charge in [-0.15, -0.1) is 0 Å². The third-order valence-corrected chi connectivity index (χ3v) is 5.95. The van der Waals surface area contributed by atoms with Crippen LogP contribution in [0.4, 0.5) is 0 Å². The highest BCUT2D eigenvalue weighted by molar-refractivity contribution is 5.66. The average Bonchev–Trinajstić information content (AvgIpc) is 2.35. The van der Waals surface area contributed by atoms with Gasteiger partial charge in [-0.3, -0.25) is 4.79 Å². The van der Waals surface area contributed by atoms with Crippen LogP contribution >= 0.6 is 0 Å². The van der Waals surface area contributed by atoms with E-state index in [0.717, 1.165) is 37.7 Å². The monoisotopic (exact) mass is 280 g/mol. The Bertz CT molecular complexity index is 414. The minimum Gasteiger partial charge on any atom is -0.462 e. The maximum absolute atomic E-state index is 11.4. The maximum atomic E-state index is 11.4. The van der Waals surface area contributed by atoms with E-state index < -0.39 is 5.60 Å². The molecule has 0 aromatic rings. The van der Waals surface area contributed by atoms with Crippen molar-refractivity contribution in [1.82, 2.24) is 0 Å². The molecule has 3 heteroatoms. The summed E-state index contributed by atoms with van der Waals surface area (Å²) in [6, 6.07) is 0. The first-order valence-electron chi connectivity index (χ1n) is 7.75. The number of hydrogen-bond acceptors (Lipinski definition) is 3. The summed E-state index contributed by atoms with van der Waals surface area (Å²) >= 11 is 0. The van der Waals surface area contributed by atoms with E-state index in [9.17, 15) is 9.90 Å². The van der Waals surface area contributed by atoms with E-state index in [-0.39, 0.29) is 23.4 Å². The zero-order valence-electron chi connectivity index (χ0n) is 13.2. The van der Waals surface area contributed by atoms with Crippen LogP contribution in [0.3, 0.4) is 0 Å². The first-order chi connectivity index (χ1) is 9.20. The highest BCUT2D eigenvalue weighted by Gasteiger charge is 2.60. The summed E-state index contributed by atoms with van der Waals surface area (Å²) in [4.78, 5) is 11.4. The topological polar surface area (TPSA) is 46.5 Å². The van der Waals surface area contributed by atoms with Gasteiger partial charge < -0.3 is 9.84 Å². The molecule has 0 saturated heterocycles. The number of esters is 1. The Labute approximate surface area is 122 Å². The molecule has 2 aliphatic rings. The van der Waals surface area contributed by atoms with E-state index in [4.69, 9.17) is 4.74 Å². The summed E-state index contributed by atoms with van der Waals surface area (Å²) in [6.45, 7) is 11.8. The van der Waals surface area contributed by atoms with Crippen molar-refractivity contribution in [3.63, 3.8) is 0 Å². The molecule has 0 radical (unpaired) electrons. The molecular formula is C17H28O3. The van der Waals surface area contributed by atoms with Gasteiger partial charge in [0.1, 0.15) is 6.10 Å². The van der Waals surface area contributed by atoms with Crippen LogP contribution in [0, 0.1) is 17.3 Å². The van der Waals surface area contributed by atoms with Gasteiger partial charge in [0.25, 0.3) is 0 Å². The lowest BCUT2D eigenvalue weighted by atomic mass is 9.50. The van der Waals surface area contributed by atoms with Gasteiger partial charge in [0, 0.05) is 12.3 Å². The largest absolute Gasteiger partial charge is 0.462 e. The normalized spacial score (nSPS) is 44.5. The molecule has 2 rings (SSSR count). The Hall–Kier alpha value is -0.830. The van der Waals surface area contributed by atoms with Crippen LogP contribution in [0.15, 0.2) is 12.2 Å². The van der Waals surface area contributed by atoms with Crippen LogP contribution in [0.2, 0.25) is 0 Å². The van der Waals surface area contributed by atoms with E-state index in [1.54, 1.807) is 0 Å². The van der Waals surface area contributed by atoms with Gasteiger partial charge >= 0.3 is 5.97 Å². The number of allylic oxidation sites excluding steroid dienone is 1. The van der Waals surface area contributed by atoms with Crippen molar-refractivity contribution in [2.75, 3.05) is 0 Å². The van der Waals surface area contributed by atoms with E-state index in [1.807, 2.05) is 6.92 Å². The number of carbonyl (C=O) groups is 1. The van der Waals surface area contributed by atoms with E-state index in [2.05, 4.69) is 20.4 Å². The summed E-state index contributed by atoms with van der Waals surface area (Å²) in [5, 5.41) is 11.4. The molecule has 114 valence electrons.